The zero-order valence-electron chi connectivity index (χ0n) is 26.0. The van der Waals surface area contributed by atoms with Crippen molar-refractivity contribution in [1.29, 1.82) is 0 Å². The minimum absolute atomic E-state index is 0.0343. The molecule has 2 saturated heterocycles. The van der Waals surface area contributed by atoms with Gasteiger partial charge in [0.2, 0.25) is 11.8 Å². The van der Waals surface area contributed by atoms with Crippen molar-refractivity contribution in [3.05, 3.63) is 89.7 Å². The maximum Gasteiger partial charge on any atom is 0.243 e. The normalized spacial score (nSPS) is 22.3. The summed E-state index contributed by atoms with van der Waals surface area (Å²) in [6.07, 6.45) is 7.62. The van der Waals surface area contributed by atoms with E-state index in [-0.39, 0.29) is 29.7 Å². The molecule has 4 atom stereocenters. The molecule has 0 radical (unpaired) electrons. The molecule has 3 heterocycles. The van der Waals surface area contributed by atoms with Crippen LogP contribution < -0.4 is 15.4 Å². The van der Waals surface area contributed by atoms with Crippen molar-refractivity contribution in [3.8, 4) is 5.75 Å². The first-order valence-electron chi connectivity index (χ1n) is 15.1. The number of benzene rings is 2. The monoisotopic (exact) mass is 598 g/mol. The molecule has 2 aliphatic rings. The summed E-state index contributed by atoms with van der Waals surface area (Å²) in [6, 6.07) is 12.9. The average Bonchev–Trinajstić information content (AvgIpc) is 3.79. The van der Waals surface area contributed by atoms with Crippen LogP contribution in [0, 0.1) is 11.8 Å². The van der Waals surface area contributed by atoms with Gasteiger partial charge in [-0.3, -0.25) is 9.59 Å². The third-order valence-electron chi connectivity index (χ3n) is 8.79. The highest BCUT2D eigenvalue weighted by molar-refractivity contribution is 5.90. The van der Waals surface area contributed by atoms with E-state index in [1.54, 1.807) is 29.9 Å². The first kappa shape index (κ1) is 31.0. The maximum absolute atomic E-state index is 14.1. The smallest absolute Gasteiger partial charge is 0.243 e. The molecule has 232 valence electrons. The van der Waals surface area contributed by atoms with Gasteiger partial charge in [0.05, 0.1) is 31.5 Å². The number of nitrogens with zero attached hydrogens (tertiary/aromatic N) is 4. The van der Waals surface area contributed by atoms with Gasteiger partial charge in [-0.1, -0.05) is 48.2 Å². The zero-order valence-corrected chi connectivity index (χ0v) is 26.0. The predicted octanol–water partition coefficient (Wildman–Crippen LogP) is 3.69. The van der Waals surface area contributed by atoms with Crippen LogP contribution >= 0.6 is 0 Å². The van der Waals surface area contributed by atoms with Crippen molar-refractivity contribution in [3.63, 3.8) is 0 Å². The lowest BCUT2D eigenvalue weighted by Gasteiger charge is -2.27. The Kier molecular flexibility index (Phi) is 9.79. The number of rotatable bonds is 11. The number of aromatic nitrogens is 3. The molecule has 2 fully saturated rings. The molecule has 3 aromatic rings. The second-order valence-electron chi connectivity index (χ2n) is 11.6. The van der Waals surface area contributed by atoms with E-state index in [0.29, 0.717) is 32.5 Å². The molecule has 0 spiro atoms. The Hall–Kier alpha value is -4.44. The fourth-order valence-corrected chi connectivity index (χ4v) is 6.35. The van der Waals surface area contributed by atoms with Gasteiger partial charge < -0.3 is 25.0 Å². The van der Waals surface area contributed by atoms with Gasteiger partial charge >= 0.3 is 0 Å². The Balaban J connectivity index is 1.31. The molecular formula is C34H42N6O4. The van der Waals surface area contributed by atoms with E-state index in [1.807, 2.05) is 68.6 Å². The number of carbonyl (C=O) groups excluding carboxylic acids is 2. The summed E-state index contributed by atoms with van der Waals surface area (Å²) in [5.74, 6) is 1.71. The molecule has 44 heavy (non-hydrogen) atoms. The van der Waals surface area contributed by atoms with Gasteiger partial charge in [-0.05, 0) is 73.1 Å². The topological polar surface area (TPSA) is 111 Å². The van der Waals surface area contributed by atoms with Gasteiger partial charge in [0, 0.05) is 32.6 Å². The number of ether oxygens (including phenoxy) is 2. The molecule has 2 N–H and O–H groups in total. The first-order chi connectivity index (χ1) is 21.3. The van der Waals surface area contributed by atoms with Crippen molar-refractivity contribution >= 4 is 22.8 Å². The fourth-order valence-electron chi connectivity index (χ4n) is 6.35. The van der Waals surface area contributed by atoms with Gasteiger partial charge in [0.1, 0.15) is 17.3 Å². The van der Waals surface area contributed by atoms with Crippen LogP contribution in [0.1, 0.15) is 30.9 Å². The average molecular weight is 599 g/mol. The number of methoxy groups -OCH3 is 2. The van der Waals surface area contributed by atoms with Gasteiger partial charge in [-0.15, -0.1) is 5.10 Å². The Morgan fingerprint density at radius 2 is 1.91 bits per heavy atom. The van der Waals surface area contributed by atoms with Crippen LogP contribution in [0.3, 0.4) is 0 Å². The lowest BCUT2D eigenvalue weighted by atomic mass is 9.94. The molecule has 2 aromatic carbocycles. The minimum Gasteiger partial charge on any atom is -0.501 e. The van der Waals surface area contributed by atoms with E-state index < -0.39 is 6.04 Å². The minimum atomic E-state index is -0.553. The van der Waals surface area contributed by atoms with Crippen molar-refractivity contribution in [2.45, 2.75) is 44.8 Å². The van der Waals surface area contributed by atoms with Gasteiger partial charge in [0.25, 0.3) is 0 Å². The molecule has 2 aliphatic heterocycles. The highest BCUT2D eigenvalue weighted by atomic mass is 16.5. The van der Waals surface area contributed by atoms with E-state index >= 15 is 0 Å². The predicted molar refractivity (Wildman–Crippen MR) is 170 cm³/mol. The number of allylic oxidation sites excluding steroid dienone is 4. The summed E-state index contributed by atoms with van der Waals surface area (Å²) in [7, 11) is 5.15. The molecule has 5 rings (SSSR count). The molecular weight excluding hydrogens is 556 g/mol. The van der Waals surface area contributed by atoms with Crippen LogP contribution in [0.2, 0.25) is 0 Å². The summed E-state index contributed by atoms with van der Waals surface area (Å²) >= 11 is 0. The van der Waals surface area contributed by atoms with Gasteiger partial charge in [-0.25, -0.2) is 4.68 Å². The van der Waals surface area contributed by atoms with Crippen molar-refractivity contribution in [2.75, 3.05) is 27.3 Å². The number of nitrogens with one attached hydrogen (secondary N) is 2. The summed E-state index contributed by atoms with van der Waals surface area (Å²) in [6.45, 7) is 7.23. The third kappa shape index (κ3) is 6.86. The lowest BCUT2D eigenvalue weighted by molar-refractivity contribution is -0.139. The van der Waals surface area contributed by atoms with Crippen LogP contribution in [0.5, 0.6) is 5.75 Å². The number of aryl methyl sites for hydroxylation is 1. The Morgan fingerprint density at radius 3 is 2.64 bits per heavy atom. The second-order valence-corrected chi connectivity index (χ2v) is 11.6. The van der Waals surface area contributed by atoms with Crippen LogP contribution in [-0.2, 0) is 34.3 Å². The lowest BCUT2D eigenvalue weighted by Crippen LogP contribution is -2.51. The van der Waals surface area contributed by atoms with Crippen LogP contribution in [0.25, 0.3) is 11.0 Å². The van der Waals surface area contributed by atoms with E-state index in [9.17, 15) is 9.59 Å². The summed E-state index contributed by atoms with van der Waals surface area (Å²) in [5.41, 5.74) is 4.83. The standard InChI is InChI=1S/C34H42N6O4/c1-6-7-8-28(22(2)43-4)26-18-30(35-20-26)34(42)40-21-25(15-23-9-12-27(44-5)13-10-23)17-32(40)33(41)36-19-24-11-14-31-29(16-24)37-38-39(31)3/h6-14,16,25-26,30,32,35H,1,15,17-21H2,2-5H3,(H,36,41)/b8-7-,28-22-. The van der Waals surface area contributed by atoms with Gasteiger partial charge in [0.15, 0.2) is 0 Å². The van der Waals surface area contributed by atoms with Crippen molar-refractivity contribution in [1.82, 2.24) is 30.5 Å². The zero-order chi connectivity index (χ0) is 31.2. The Morgan fingerprint density at radius 1 is 1.14 bits per heavy atom. The number of likely N-dealkylation sites (tertiary alicyclic amines) is 1. The molecule has 10 heteroatoms. The largest absolute Gasteiger partial charge is 0.501 e. The Labute approximate surface area is 258 Å². The highest BCUT2D eigenvalue weighted by Crippen LogP contribution is 2.32. The first-order valence-corrected chi connectivity index (χ1v) is 15.1. The molecule has 4 unspecified atom stereocenters. The molecule has 0 bridgehead atoms. The molecule has 1 aromatic heterocycles. The molecule has 10 nitrogen and oxygen atoms in total. The number of amides is 2. The highest BCUT2D eigenvalue weighted by Gasteiger charge is 2.43. The molecule has 0 saturated carbocycles. The second kappa shape index (κ2) is 13.9. The van der Waals surface area contributed by atoms with E-state index in [1.165, 1.54) is 0 Å². The molecule has 2 amide bonds. The van der Waals surface area contributed by atoms with Crippen LogP contribution in [-0.4, -0.2) is 71.1 Å². The third-order valence-corrected chi connectivity index (χ3v) is 8.79. The summed E-state index contributed by atoms with van der Waals surface area (Å²) in [4.78, 5) is 29.5. The van der Waals surface area contributed by atoms with E-state index in [4.69, 9.17) is 9.47 Å². The quantitative estimate of drug-likeness (QED) is 0.256. The summed E-state index contributed by atoms with van der Waals surface area (Å²) < 4.78 is 12.6. The fraction of sp³-hybridized carbons (Fsp3) is 0.412. The van der Waals surface area contributed by atoms with Crippen molar-refractivity contribution < 1.29 is 19.1 Å². The van der Waals surface area contributed by atoms with Crippen LogP contribution in [0.4, 0.5) is 0 Å². The van der Waals surface area contributed by atoms with E-state index in [2.05, 4.69) is 27.5 Å². The number of hydrogen-bond donors (Lipinski definition) is 2. The Bertz CT molecular complexity index is 1560. The van der Waals surface area contributed by atoms with E-state index in [0.717, 1.165) is 45.7 Å². The number of hydrogen-bond acceptors (Lipinski definition) is 7. The van der Waals surface area contributed by atoms with Gasteiger partial charge in [-0.2, -0.15) is 0 Å². The maximum atomic E-state index is 14.1. The SMILES string of the molecule is C=C/C=C\C(=C(/C)OC)C1CNC(C(=O)N2CC(Cc3ccc(OC)cc3)CC2C(=O)NCc2ccc3c(c2)nnn3C)C1. The number of carbonyl (C=O) groups is 2. The van der Waals surface area contributed by atoms with Crippen LogP contribution in [0.15, 0.2) is 78.6 Å². The number of fused-ring (bicyclic) bond motifs is 1. The molecule has 0 aliphatic carbocycles. The van der Waals surface area contributed by atoms with Crippen molar-refractivity contribution in [2.24, 2.45) is 18.9 Å². The summed E-state index contributed by atoms with van der Waals surface area (Å²) in [5, 5.41) is 14.8.